The van der Waals surface area contributed by atoms with Crippen LogP contribution in [0.5, 0.6) is 0 Å². The molecule has 2 heteroatoms. The van der Waals surface area contributed by atoms with Gasteiger partial charge >= 0.3 is 0 Å². The van der Waals surface area contributed by atoms with Gasteiger partial charge in [-0.2, -0.15) is 0 Å². The van der Waals surface area contributed by atoms with Crippen LogP contribution in [0.15, 0.2) is 218 Å². The largest absolute Gasteiger partial charge is 0.310 e. The van der Waals surface area contributed by atoms with Crippen LogP contribution in [0, 0.1) is 0 Å². The van der Waals surface area contributed by atoms with Crippen LogP contribution in [0.2, 0.25) is 0 Å². The van der Waals surface area contributed by atoms with Gasteiger partial charge in [0.15, 0.2) is 0 Å². The van der Waals surface area contributed by atoms with Gasteiger partial charge < -0.3 is 9.80 Å². The molecule has 0 saturated heterocycles. The molecule has 1 heterocycles. The van der Waals surface area contributed by atoms with Gasteiger partial charge in [0.25, 0.3) is 0 Å². The first-order valence-electron chi connectivity index (χ1n) is 22.5. The van der Waals surface area contributed by atoms with E-state index in [4.69, 9.17) is 0 Å². The second-order valence-corrected chi connectivity index (χ2v) is 18.5. The summed E-state index contributed by atoms with van der Waals surface area (Å²) in [6.45, 7) is 9.51. The first-order valence-corrected chi connectivity index (χ1v) is 22.5. The number of para-hydroxylation sites is 2. The molecular formula is C62H48N2. The highest BCUT2D eigenvalue weighted by Gasteiger charge is 2.40. The van der Waals surface area contributed by atoms with Gasteiger partial charge in [0, 0.05) is 38.8 Å². The van der Waals surface area contributed by atoms with E-state index in [2.05, 4.69) is 256 Å². The number of hydrogen-bond acceptors (Lipinski definition) is 2. The normalized spacial score (nSPS) is 14.2. The molecule has 0 aromatic heterocycles. The Balaban J connectivity index is 1.03. The van der Waals surface area contributed by atoms with Gasteiger partial charge in [0.1, 0.15) is 0 Å². The zero-order chi connectivity index (χ0) is 43.2. The second-order valence-electron chi connectivity index (χ2n) is 18.5. The maximum absolute atomic E-state index is 2.56. The summed E-state index contributed by atoms with van der Waals surface area (Å²) >= 11 is 0. The van der Waals surface area contributed by atoms with Crippen LogP contribution in [0.25, 0.3) is 54.9 Å². The van der Waals surface area contributed by atoms with E-state index in [1.807, 2.05) is 0 Å². The lowest BCUT2D eigenvalue weighted by Gasteiger charge is -2.44. The van der Waals surface area contributed by atoms with Crippen molar-refractivity contribution in [3.63, 3.8) is 0 Å². The monoisotopic (exact) mass is 820 g/mol. The van der Waals surface area contributed by atoms with Gasteiger partial charge in [0.05, 0.1) is 17.1 Å². The Labute approximate surface area is 376 Å². The molecule has 0 unspecified atom stereocenters. The van der Waals surface area contributed by atoms with Crippen molar-refractivity contribution in [2.75, 3.05) is 9.80 Å². The summed E-state index contributed by atoms with van der Waals surface area (Å²) < 4.78 is 0. The Morgan fingerprint density at radius 1 is 0.344 bits per heavy atom. The highest BCUT2D eigenvalue weighted by atomic mass is 15.2. The quantitative estimate of drug-likeness (QED) is 0.165. The molecule has 0 N–H and O–H groups in total. The molecule has 0 amide bonds. The third kappa shape index (κ3) is 5.79. The van der Waals surface area contributed by atoms with Crippen LogP contribution in [0.1, 0.15) is 49.9 Å². The summed E-state index contributed by atoms with van der Waals surface area (Å²) in [6, 6.07) is 80.9. The smallest absolute Gasteiger partial charge is 0.0618 e. The highest BCUT2D eigenvalue weighted by molar-refractivity contribution is 6.08. The fourth-order valence-electron chi connectivity index (χ4n) is 11.1. The van der Waals surface area contributed by atoms with Crippen molar-refractivity contribution in [1.82, 2.24) is 0 Å². The highest BCUT2D eigenvalue weighted by Crippen LogP contribution is 2.57. The molecule has 1 aliphatic heterocycles. The molecule has 0 bridgehead atoms. The SMILES string of the molecule is CC1(C)c2ccccc2-c2ccc(N(c3ccccc3)c3ccc(-c4ccc5ccccc5c4N4c5ccccc5C(C)(C)c5c(-c6ccc7ccccc7c6)cccc54)cc3)cc21. The topological polar surface area (TPSA) is 6.48 Å². The third-order valence-electron chi connectivity index (χ3n) is 14.2. The van der Waals surface area contributed by atoms with Crippen molar-refractivity contribution in [2.24, 2.45) is 0 Å². The fourth-order valence-corrected chi connectivity index (χ4v) is 11.1. The molecule has 0 fully saturated rings. The second kappa shape index (κ2) is 14.4. The Morgan fingerprint density at radius 2 is 0.922 bits per heavy atom. The molecule has 12 rings (SSSR count). The summed E-state index contributed by atoms with van der Waals surface area (Å²) in [5.41, 5.74) is 19.5. The zero-order valence-corrected chi connectivity index (χ0v) is 36.7. The Morgan fingerprint density at radius 3 is 1.75 bits per heavy atom. The van der Waals surface area contributed by atoms with E-state index < -0.39 is 0 Å². The molecule has 0 spiro atoms. The number of hydrogen-bond donors (Lipinski definition) is 0. The lowest BCUT2D eigenvalue weighted by molar-refractivity contribution is 0.634. The molecule has 10 aromatic rings. The Kier molecular flexibility index (Phi) is 8.58. The van der Waals surface area contributed by atoms with Crippen LogP contribution in [0.4, 0.5) is 34.1 Å². The van der Waals surface area contributed by atoms with Crippen LogP contribution in [-0.4, -0.2) is 0 Å². The molecule has 64 heavy (non-hydrogen) atoms. The predicted octanol–water partition coefficient (Wildman–Crippen LogP) is 17.2. The number of nitrogens with zero attached hydrogens (tertiary/aromatic N) is 2. The predicted molar refractivity (Wildman–Crippen MR) is 271 cm³/mol. The standard InChI is InChI=1S/C62H48N2/c1-61(2)54-25-13-12-23-52(54)53-38-36-48(40-56(53)61)63(46-20-6-5-7-21-46)47-34-31-43(32-35-47)51-37-33-42-18-10-11-22-50(42)60(51)64-57-27-15-14-26-55(57)62(3,4)59-49(24-16-28-58(59)64)45-30-29-41-17-8-9-19-44(41)39-45/h5-40H,1-4H3. The molecule has 2 aliphatic rings. The van der Waals surface area contributed by atoms with Crippen molar-refractivity contribution in [1.29, 1.82) is 0 Å². The molecule has 1 aliphatic carbocycles. The van der Waals surface area contributed by atoms with Crippen LogP contribution in [0.3, 0.4) is 0 Å². The van der Waals surface area contributed by atoms with Gasteiger partial charge in [-0.05, 0) is 121 Å². The molecule has 10 aromatic carbocycles. The zero-order valence-electron chi connectivity index (χ0n) is 36.7. The average molecular weight is 821 g/mol. The molecule has 0 atom stereocenters. The maximum Gasteiger partial charge on any atom is 0.0618 e. The fraction of sp³-hybridized carbons (Fsp3) is 0.0968. The summed E-state index contributed by atoms with van der Waals surface area (Å²) in [5.74, 6) is 0. The van der Waals surface area contributed by atoms with E-state index in [1.54, 1.807) is 0 Å². The number of benzene rings is 10. The van der Waals surface area contributed by atoms with Crippen molar-refractivity contribution in [2.45, 2.75) is 38.5 Å². The summed E-state index contributed by atoms with van der Waals surface area (Å²) in [6.07, 6.45) is 0. The molecule has 0 saturated carbocycles. The van der Waals surface area contributed by atoms with E-state index >= 15 is 0 Å². The van der Waals surface area contributed by atoms with Crippen molar-refractivity contribution in [3.8, 4) is 33.4 Å². The van der Waals surface area contributed by atoms with Crippen LogP contribution in [-0.2, 0) is 10.8 Å². The minimum atomic E-state index is -0.270. The molecule has 306 valence electrons. The third-order valence-corrected chi connectivity index (χ3v) is 14.2. The van der Waals surface area contributed by atoms with Gasteiger partial charge in [0.2, 0.25) is 0 Å². The number of fused-ring (bicyclic) bond motifs is 7. The van der Waals surface area contributed by atoms with Crippen molar-refractivity contribution in [3.05, 3.63) is 241 Å². The Bertz CT molecular complexity index is 3450. The van der Waals surface area contributed by atoms with E-state index in [9.17, 15) is 0 Å². The first kappa shape index (κ1) is 38.0. The first-order chi connectivity index (χ1) is 31.3. The van der Waals surface area contributed by atoms with Crippen molar-refractivity contribution < 1.29 is 0 Å². The van der Waals surface area contributed by atoms with Gasteiger partial charge in [-0.1, -0.05) is 191 Å². The lowest BCUT2D eigenvalue weighted by atomic mass is 9.70. The summed E-state index contributed by atoms with van der Waals surface area (Å²) in [5, 5.41) is 4.93. The van der Waals surface area contributed by atoms with Gasteiger partial charge in [-0.3, -0.25) is 0 Å². The minimum Gasteiger partial charge on any atom is -0.310 e. The molecular weight excluding hydrogens is 773 g/mol. The Hall–Kier alpha value is -7.68. The van der Waals surface area contributed by atoms with Crippen LogP contribution >= 0.6 is 0 Å². The van der Waals surface area contributed by atoms with E-state index in [0.29, 0.717) is 0 Å². The van der Waals surface area contributed by atoms with Gasteiger partial charge in [-0.15, -0.1) is 0 Å². The van der Waals surface area contributed by atoms with E-state index in [-0.39, 0.29) is 10.8 Å². The molecule has 0 radical (unpaired) electrons. The number of anilines is 6. The van der Waals surface area contributed by atoms with Crippen molar-refractivity contribution >= 4 is 55.7 Å². The van der Waals surface area contributed by atoms with E-state index in [1.165, 1.54) is 88.7 Å². The maximum atomic E-state index is 2.56. The number of rotatable bonds is 6. The summed E-state index contributed by atoms with van der Waals surface area (Å²) in [7, 11) is 0. The average Bonchev–Trinajstić information content (AvgIpc) is 3.57. The minimum absolute atomic E-state index is 0.0994. The van der Waals surface area contributed by atoms with Gasteiger partial charge in [-0.25, -0.2) is 0 Å². The van der Waals surface area contributed by atoms with Crippen LogP contribution < -0.4 is 9.80 Å². The summed E-state index contributed by atoms with van der Waals surface area (Å²) in [4.78, 5) is 4.96. The molecule has 2 nitrogen and oxygen atoms in total. The lowest BCUT2D eigenvalue weighted by Crippen LogP contribution is -2.31. The van der Waals surface area contributed by atoms with E-state index in [0.717, 1.165) is 22.6 Å².